The molecule has 1 fully saturated rings. The number of pyridine rings is 1. The molecule has 4 rings (SSSR count). The number of ketones is 1. The minimum atomic E-state index is -1.36. The number of para-hydroxylation sites is 1. The van der Waals surface area contributed by atoms with E-state index in [0.29, 0.717) is 31.2 Å². The van der Waals surface area contributed by atoms with Crippen molar-refractivity contribution in [3.05, 3.63) is 98.4 Å². The van der Waals surface area contributed by atoms with E-state index in [2.05, 4.69) is 4.90 Å². The van der Waals surface area contributed by atoms with E-state index < -0.39 is 23.3 Å². The van der Waals surface area contributed by atoms with E-state index >= 15 is 0 Å². The Bertz CT molecular complexity index is 1240. The summed E-state index contributed by atoms with van der Waals surface area (Å²) in [7, 11) is 0. The first-order valence-corrected chi connectivity index (χ1v) is 11.4. The Morgan fingerprint density at radius 1 is 0.909 bits per heavy atom. The van der Waals surface area contributed by atoms with Crippen LogP contribution in [0.25, 0.3) is 0 Å². The number of hydrogen-bond acceptors (Lipinski definition) is 4. The number of nitrogens with zero attached hydrogens (tertiary/aromatic N) is 3. The van der Waals surface area contributed by atoms with Gasteiger partial charge in [0.15, 0.2) is 11.8 Å². The summed E-state index contributed by atoms with van der Waals surface area (Å²) in [6.07, 6.45) is 1.48. The molecule has 1 atom stereocenters. The Labute approximate surface area is 201 Å². The predicted octanol–water partition coefficient (Wildman–Crippen LogP) is 4.24. The number of Topliss-reactive ketones (excluding diaryl/α,β-unsaturated/α-hetero) is 1. The third-order valence-electron chi connectivity index (χ3n) is 5.77. The first-order chi connectivity index (χ1) is 15.8. The van der Waals surface area contributed by atoms with Gasteiger partial charge in [-0.15, -0.1) is 0 Å². The van der Waals surface area contributed by atoms with Crippen molar-refractivity contribution in [2.45, 2.75) is 13.0 Å². The van der Waals surface area contributed by atoms with Crippen molar-refractivity contribution in [1.29, 1.82) is 0 Å². The maximum Gasteiger partial charge on any atom is 0.253 e. The number of hydrogen-bond donors (Lipinski definition) is 0. The van der Waals surface area contributed by atoms with Gasteiger partial charge < -0.3 is 9.80 Å². The van der Waals surface area contributed by atoms with Gasteiger partial charge >= 0.3 is 0 Å². The summed E-state index contributed by atoms with van der Waals surface area (Å²) >= 11 is 12.4. The fraction of sp³-hybridized carbons (Fsp3) is 0.240. The standard InChI is InChI=1S/C25H23Cl2N3O3/c1-17-9-10-30(22(31)15-17)23(24(32)20-16-18(26)7-8-21(20)27)25(33)29-13-11-28(12-14-29)19-5-3-2-4-6-19/h2-10,15-16,23H,11-14H2,1H3. The highest BCUT2D eigenvalue weighted by molar-refractivity contribution is 6.36. The minimum absolute atomic E-state index is 0.109. The number of amides is 1. The molecular weight excluding hydrogens is 461 g/mol. The van der Waals surface area contributed by atoms with E-state index in [-0.39, 0.29) is 10.6 Å². The lowest BCUT2D eigenvalue weighted by Crippen LogP contribution is -2.52. The lowest BCUT2D eigenvalue weighted by Gasteiger charge is -2.37. The zero-order chi connectivity index (χ0) is 23.5. The fourth-order valence-electron chi connectivity index (χ4n) is 3.99. The Hall–Kier alpha value is -3.09. The summed E-state index contributed by atoms with van der Waals surface area (Å²) in [5, 5.41) is 0.498. The second-order valence-corrected chi connectivity index (χ2v) is 8.83. The third-order valence-corrected chi connectivity index (χ3v) is 6.34. The fourth-order valence-corrected chi connectivity index (χ4v) is 4.37. The monoisotopic (exact) mass is 483 g/mol. The van der Waals surface area contributed by atoms with E-state index in [9.17, 15) is 14.4 Å². The van der Waals surface area contributed by atoms with Gasteiger partial charge in [0, 0.05) is 54.7 Å². The van der Waals surface area contributed by atoms with Crippen LogP contribution in [-0.2, 0) is 4.79 Å². The van der Waals surface area contributed by atoms with Gasteiger partial charge in [-0.05, 0) is 48.9 Å². The average molecular weight is 484 g/mol. The van der Waals surface area contributed by atoms with Gasteiger partial charge in [0.25, 0.3) is 11.5 Å². The molecule has 0 saturated carbocycles. The molecule has 1 unspecified atom stereocenters. The second kappa shape index (κ2) is 9.81. The van der Waals surface area contributed by atoms with Crippen molar-refractivity contribution in [3.63, 3.8) is 0 Å². The number of halogens is 2. The van der Waals surface area contributed by atoms with E-state index in [1.165, 1.54) is 29.0 Å². The van der Waals surface area contributed by atoms with E-state index in [1.54, 1.807) is 24.0 Å². The smallest absolute Gasteiger partial charge is 0.253 e. The topological polar surface area (TPSA) is 62.6 Å². The SMILES string of the molecule is Cc1ccn(C(C(=O)c2cc(Cl)ccc2Cl)C(=O)N2CCN(c3ccccc3)CC2)c(=O)c1. The van der Waals surface area contributed by atoms with E-state index in [0.717, 1.165) is 11.3 Å². The lowest BCUT2D eigenvalue weighted by molar-refractivity contribution is -0.133. The molecule has 2 aromatic carbocycles. The van der Waals surface area contributed by atoms with Crippen molar-refractivity contribution in [2.24, 2.45) is 0 Å². The van der Waals surface area contributed by atoms with Crippen LogP contribution >= 0.6 is 23.2 Å². The molecule has 0 spiro atoms. The van der Waals surface area contributed by atoms with Crippen LogP contribution in [0.2, 0.25) is 10.0 Å². The summed E-state index contributed by atoms with van der Waals surface area (Å²) in [6, 6.07) is 16.2. The molecule has 0 aliphatic carbocycles. The number of aryl methyl sites for hydroxylation is 1. The summed E-state index contributed by atoms with van der Waals surface area (Å²) in [4.78, 5) is 43.8. The van der Waals surface area contributed by atoms with Gasteiger partial charge in [-0.3, -0.25) is 19.0 Å². The van der Waals surface area contributed by atoms with E-state index in [4.69, 9.17) is 23.2 Å². The van der Waals surface area contributed by atoms with Crippen LogP contribution in [0.3, 0.4) is 0 Å². The van der Waals surface area contributed by atoms with Crippen LogP contribution in [0.5, 0.6) is 0 Å². The highest BCUT2D eigenvalue weighted by Crippen LogP contribution is 2.26. The van der Waals surface area contributed by atoms with Crippen molar-refractivity contribution < 1.29 is 9.59 Å². The lowest BCUT2D eigenvalue weighted by atomic mass is 10.0. The van der Waals surface area contributed by atoms with Crippen LogP contribution in [0.4, 0.5) is 5.69 Å². The molecule has 0 radical (unpaired) electrons. The van der Waals surface area contributed by atoms with Gasteiger partial charge in [-0.1, -0.05) is 41.4 Å². The summed E-state index contributed by atoms with van der Waals surface area (Å²) in [5.74, 6) is -1.00. The zero-order valence-corrected chi connectivity index (χ0v) is 19.6. The third kappa shape index (κ3) is 4.97. The largest absolute Gasteiger partial charge is 0.368 e. The number of aromatic nitrogens is 1. The summed E-state index contributed by atoms with van der Waals surface area (Å²) in [5.41, 5.74) is 1.51. The molecular formula is C25H23Cl2N3O3. The molecule has 8 heteroatoms. The van der Waals surface area contributed by atoms with Gasteiger partial charge in [-0.25, -0.2) is 0 Å². The van der Waals surface area contributed by atoms with Crippen LogP contribution < -0.4 is 10.5 Å². The number of anilines is 1. The highest BCUT2D eigenvalue weighted by Gasteiger charge is 2.36. The maximum absolute atomic E-state index is 13.6. The molecule has 2 heterocycles. The normalized spacial score (nSPS) is 14.8. The van der Waals surface area contributed by atoms with Gasteiger partial charge in [0.1, 0.15) is 0 Å². The molecule has 1 aliphatic heterocycles. The minimum Gasteiger partial charge on any atom is -0.368 e. The van der Waals surface area contributed by atoms with Crippen molar-refractivity contribution >= 4 is 40.6 Å². The Balaban J connectivity index is 1.65. The molecule has 1 amide bonds. The first-order valence-electron chi connectivity index (χ1n) is 10.6. The first kappa shape index (κ1) is 23.1. The number of benzene rings is 2. The van der Waals surface area contributed by atoms with Gasteiger partial charge in [-0.2, -0.15) is 0 Å². The summed E-state index contributed by atoms with van der Waals surface area (Å²) in [6.45, 7) is 3.89. The average Bonchev–Trinajstić information content (AvgIpc) is 2.82. The van der Waals surface area contributed by atoms with Crippen LogP contribution in [0.15, 0.2) is 71.7 Å². The number of rotatable bonds is 5. The number of carbonyl (C=O) groups excluding carboxylic acids is 2. The molecule has 0 N–H and O–H groups in total. The molecule has 1 aliphatic rings. The van der Waals surface area contributed by atoms with Gasteiger partial charge in [0.05, 0.1) is 5.02 Å². The molecule has 0 bridgehead atoms. The van der Waals surface area contributed by atoms with Crippen molar-refractivity contribution in [2.75, 3.05) is 31.1 Å². The Morgan fingerprint density at radius 2 is 1.61 bits per heavy atom. The summed E-state index contributed by atoms with van der Waals surface area (Å²) < 4.78 is 1.18. The van der Waals surface area contributed by atoms with Gasteiger partial charge in [0.2, 0.25) is 0 Å². The second-order valence-electron chi connectivity index (χ2n) is 7.99. The number of piperazine rings is 1. The zero-order valence-electron chi connectivity index (χ0n) is 18.1. The molecule has 33 heavy (non-hydrogen) atoms. The van der Waals surface area contributed by atoms with Crippen LogP contribution in [0, 0.1) is 6.92 Å². The molecule has 1 aromatic heterocycles. The number of carbonyl (C=O) groups is 2. The Kier molecular flexibility index (Phi) is 6.86. The predicted molar refractivity (Wildman–Crippen MR) is 131 cm³/mol. The molecule has 6 nitrogen and oxygen atoms in total. The quantitative estimate of drug-likeness (QED) is 0.402. The molecule has 3 aromatic rings. The van der Waals surface area contributed by atoms with Crippen LogP contribution in [0.1, 0.15) is 22.0 Å². The Morgan fingerprint density at radius 3 is 2.27 bits per heavy atom. The van der Waals surface area contributed by atoms with E-state index in [1.807, 2.05) is 30.3 Å². The van der Waals surface area contributed by atoms with Crippen LogP contribution in [-0.4, -0.2) is 47.3 Å². The highest BCUT2D eigenvalue weighted by atomic mass is 35.5. The molecule has 170 valence electrons. The maximum atomic E-state index is 13.6. The molecule has 1 saturated heterocycles. The van der Waals surface area contributed by atoms with Crippen molar-refractivity contribution in [3.8, 4) is 0 Å². The van der Waals surface area contributed by atoms with Crippen molar-refractivity contribution in [1.82, 2.24) is 9.47 Å².